The van der Waals surface area contributed by atoms with Gasteiger partial charge in [-0.25, -0.2) is 0 Å². The van der Waals surface area contributed by atoms with Gasteiger partial charge in [0.25, 0.3) is 0 Å². The Morgan fingerprint density at radius 2 is 2.06 bits per heavy atom. The summed E-state index contributed by atoms with van der Waals surface area (Å²) >= 11 is 11.9. The predicted octanol–water partition coefficient (Wildman–Crippen LogP) is 5.07. The summed E-state index contributed by atoms with van der Waals surface area (Å²) < 4.78 is 0. The maximum absolute atomic E-state index is 12.1. The molecule has 0 heterocycles. The number of ketones is 1. The van der Waals surface area contributed by atoms with Crippen LogP contribution in [0.3, 0.4) is 0 Å². The molecule has 17 heavy (non-hydrogen) atoms. The highest BCUT2D eigenvalue weighted by molar-refractivity contribution is 6.35. The minimum atomic E-state index is 0.0608. The van der Waals surface area contributed by atoms with Crippen LogP contribution in [0.2, 0.25) is 10.0 Å². The average molecular weight is 269 g/mol. The standard InChI is InChI=1S/C14H14Cl2O/c15-11-6-7-13(16)12(9-11)14(17)8-10-4-2-1-3-5-10/h4,6-7,9H,1-3,5,8H2. The molecule has 2 rings (SSSR count). The first-order valence-electron chi connectivity index (χ1n) is 5.83. The van der Waals surface area contributed by atoms with Gasteiger partial charge in [-0.2, -0.15) is 0 Å². The molecule has 0 spiro atoms. The second-order valence-electron chi connectivity index (χ2n) is 4.33. The fourth-order valence-corrected chi connectivity index (χ4v) is 2.47. The smallest absolute Gasteiger partial charge is 0.168 e. The number of halogens is 2. The van der Waals surface area contributed by atoms with E-state index >= 15 is 0 Å². The Balaban J connectivity index is 2.14. The lowest BCUT2D eigenvalue weighted by Crippen LogP contribution is -2.04. The number of rotatable bonds is 3. The van der Waals surface area contributed by atoms with Crippen molar-refractivity contribution >= 4 is 29.0 Å². The Labute approximate surface area is 111 Å². The van der Waals surface area contributed by atoms with Crippen LogP contribution >= 0.6 is 23.2 Å². The van der Waals surface area contributed by atoms with Crippen LogP contribution < -0.4 is 0 Å². The van der Waals surface area contributed by atoms with Crippen molar-refractivity contribution in [2.45, 2.75) is 32.1 Å². The van der Waals surface area contributed by atoms with Gasteiger partial charge in [0.15, 0.2) is 5.78 Å². The molecule has 0 saturated heterocycles. The highest BCUT2D eigenvalue weighted by Gasteiger charge is 2.14. The van der Waals surface area contributed by atoms with E-state index in [0.29, 0.717) is 22.0 Å². The minimum Gasteiger partial charge on any atom is -0.294 e. The molecule has 0 aliphatic heterocycles. The van der Waals surface area contributed by atoms with E-state index < -0.39 is 0 Å². The van der Waals surface area contributed by atoms with Crippen LogP contribution in [0, 0.1) is 0 Å². The Kier molecular flexibility index (Phi) is 4.25. The summed E-state index contributed by atoms with van der Waals surface area (Å²) in [7, 11) is 0. The van der Waals surface area contributed by atoms with Gasteiger partial charge < -0.3 is 0 Å². The normalized spacial score (nSPS) is 15.5. The lowest BCUT2D eigenvalue weighted by molar-refractivity contribution is 0.0991. The van der Waals surface area contributed by atoms with Crippen LogP contribution in [0.25, 0.3) is 0 Å². The minimum absolute atomic E-state index is 0.0608. The summed E-state index contributed by atoms with van der Waals surface area (Å²) in [6.45, 7) is 0. The topological polar surface area (TPSA) is 17.1 Å². The Morgan fingerprint density at radius 3 is 2.76 bits per heavy atom. The molecule has 1 aromatic rings. The molecule has 1 aliphatic rings. The van der Waals surface area contributed by atoms with Gasteiger partial charge in [0.05, 0.1) is 5.02 Å². The van der Waals surface area contributed by atoms with E-state index in [-0.39, 0.29) is 5.78 Å². The van der Waals surface area contributed by atoms with Crippen molar-refractivity contribution in [3.8, 4) is 0 Å². The van der Waals surface area contributed by atoms with Crippen molar-refractivity contribution in [1.29, 1.82) is 0 Å². The maximum atomic E-state index is 12.1. The van der Waals surface area contributed by atoms with E-state index in [1.54, 1.807) is 18.2 Å². The first-order chi connectivity index (χ1) is 8.16. The zero-order valence-corrected chi connectivity index (χ0v) is 11.0. The van der Waals surface area contributed by atoms with Crippen molar-refractivity contribution in [2.24, 2.45) is 0 Å². The second-order valence-corrected chi connectivity index (χ2v) is 5.18. The molecule has 0 radical (unpaired) electrons. The number of carbonyl (C=O) groups is 1. The van der Waals surface area contributed by atoms with Crippen LogP contribution in [0.5, 0.6) is 0 Å². The third kappa shape index (κ3) is 3.34. The molecule has 0 atom stereocenters. The predicted molar refractivity (Wildman–Crippen MR) is 72.0 cm³/mol. The highest BCUT2D eigenvalue weighted by atomic mass is 35.5. The summed E-state index contributed by atoms with van der Waals surface area (Å²) in [6, 6.07) is 5.02. The van der Waals surface area contributed by atoms with Crippen molar-refractivity contribution in [3.63, 3.8) is 0 Å². The lowest BCUT2D eigenvalue weighted by Gasteiger charge is -2.12. The van der Waals surface area contributed by atoms with E-state index in [1.165, 1.54) is 18.4 Å². The number of hydrogen-bond acceptors (Lipinski definition) is 1. The monoisotopic (exact) mass is 268 g/mol. The van der Waals surface area contributed by atoms with E-state index in [0.717, 1.165) is 12.8 Å². The molecule has 0 aromatic heterocycles. The van der Waals surface area contributed by atoms with Crippen LogP contribution in [0.4, 0.5) is 0 Å². The zero-order chi connectivity index (χ0) is 12.3. The van der Waals surface area contributed by atoms with Gasteiger partial charge in [0, 0.05) is 17.0 Å². The largest absolute Gasteiger partial charge is 0.294 e. The quantitative estimate of drug-likeness (QED) is 0.553. The van der Waals surface area contributed by atoms with Crippen molar-refractivity contribution in [3.05, 3.63) is 45.5 Å². The van der Waals surface area contributed by atoms with Crippen molar-refractivity contribution in [1.82, 2.24) is 0 Å². The number of Topliss-reactive ketones (excluding diaryl/α,β-unsaturated/α-hetero) is 1. The molecule has 1 aliphatic carbocycles. The molecule has 1 aromatic carbocycles. The molecule has 0 saturated carbocycles. The molecular formula is C14H14Cl2O. The number of benzene rings is 1. The zero-order valence-electron chi connectivity index (χ0n) is 9.51. The fraction of sp³-hybridized carbons (Fsp3) is 0.357. The van der Waals surface area contributed by atoms with Gasteiger partial charge in [-0.3, -0.25) is 4.79 Å². The van der Waals surface area contributed by atoms with Gasteiger partial charge in [0.1, 0.15) is 0 Å². The van der Waals surface area contributed by atoms with Gasteiger partial charge in [0.2, 0.25) is 0 Å². The van der Waals surface area contributed by atoms with Crippen molar-refractivity contribution in [2.75, 3.05) is 0 Å². The SMILES string of the molecule is O=C(CC1=CCCCC1)c1cc(Cl)ccc1Cl. The summed E-state index contributed by atoms with van der Waals surface area (Å²) in [4.78, 5) is 12.1. The summed E-state index contributed by atoms with van der Waals surface area (Å²) in [5, 5.41) is 1.03. The maximum Gasteiger partial charge on any atom is 0.168 e. The highest BCUT2D eigenvalue weighted by Crippen LogP contribution is 2.26. The number of carbonyl (C=O) groups excluding carboxylic acids is 1. The average Bonchev–Trinajstić information content (AvgIpc) is 2.33. The van der Waals surface area contributed by atoms with Gasteiger partial charge >= 0.3 is 0 Å². The molecule has 90 valence electrons. The Morgan fingerprint density at radius 1 is 1.24 bits per heavy atom. The van der Waals surface area contributed by atoms with E-state index in [2.05, 4.69) is 6.08 Å². The molecule has 0 fully saturated rings. The van der Waals surface area contributed by atoms with Gasteiger partial charge in [-0.05, 0) is 43.9 Å². The fourth-order valence-electron chi connectivity index (χ4n) is 2.08. The van der Waals surface area contributed by atoms with Gasteiger partial charge in [-0.1, -0.05) is 34.9 Å². The summed E-state index contributed by atoms with van der Waals surface area (Å²) in [6.07, 6.45) is 7.19. The molecule has 1 nitrogen and oxygen atoms in total. The van der Waals surface area contributed by atoms with Crippen LogP contribution in [0.15, 0.2) is 29.8 Å². The van der Waals surface area contributed by atoms with Crippen LogP contribution in [-0.2, 0) is 0 Å². The number of hydrogen-bond donors (Lipinski definition) is 0. The van der Waals surface area contributed by atoms with Gasteiger partial charge in [-0.15, -0.1) is 0 Å². The third-order valence-corrected chi connectivity index (χ3v) is 3.57. The summed E-state index contributed by atoms with van der Waals surface area (Å²) in [5.41, 5.74) is 1.77. The van der Waals surface area contributed by atoms with E-state index in [4.69, 9.17) is 23.2 Å². The van der Waals surface area contributed by atoms with E-state index in [9.17, 15) is 4.79 Å². The Hall–Kier alpha value is -0.790. The molecule has 0 amide bonds. The molecule has 3 heteroatoms. The third-order valence-electron chi connectivity index (χ3n) is 3.00. The van der Waals surface area contributed by atoms with Crippen LogP contribution in [0.1, 0.15) is 42.5 Å². The first-order valence-corrected chi connectivity index (χ1v) is 6.58. The summed E-state index contributed by atoms with van der Waals surface area (Å²) in [5.74, 6) is 0.0608. The number of allylic oxidation sites excluding steroid dienone is 2. The Bertz CT molecular complexity index is 463. The molecule has 0 N–H and O–H groups in total. The van der Waals surface area contributed by atoms with Crippen molar-refractivity contribution < 1.29 is 4.79 Å². The molecular weight excluding hydrogens is 255 g/mol. The molecule has 0 unspecified atom stereocenters. The molecule has 0 bridgehead atoms. The van der Waals surface area contributed by atoms with E-state index in [1.807, 2.05) is 0 Å². The lowest BCUT2D eigenvalue weighted by atomic mass is 9.94. The van der Waals surface area contributed by atoms with Crippen LogP contribution in [-0.4, -0.2) is 5.78 Å². The second kappa shape index (κ2) is 5.70. The first kappa shape index (κ1) is 12.7.